The van der Waals surface area contributed by atoms with Crippen LogP contribution in [0.4, 0.5) is 10.1 Å². The van der Waals surface area contributed by atoms with Crippen LogP contribution in [0.25, 0.3) is 11.5 Å². The molecule has 6 nitrogen and oxygen atoms in total. The molecular weight excluding hydrogens is 429 g/mol. The molecule has 0 fully saturated rings. The Morgan fingerprint density at radius 1 is 1.00 bits per heavy atom. The van der Waals surface area contributed by atoms with Crippen molar-refractivity contribution in [2.45, 2.75) is 11.3 Å². The molecule has 8 heteroatoms. The van der Waals surface area contributed by atoms with Crippen molar-refractivity contribution in [3.63, 3.8) is 0 Å². The fourth-order valence-corrected chi connectivity index (χ4v) is 4.25. The average molecular weight is 447 g/mol. The molecule has 1 amide bonds. The summed E-state index contributed by atoms with van der Waals surface area (Å²) in [5.41, 5.74) is 1.93. The molecule has 1 aliphatic heterocycles. The number of carbonyl (C=O) groups is 1. The van der Waals surface area contributed by atoms with Gasteiger partial charge in [0.2, 0.25) is 5.91 Å². The van der Waals surface area contributed by atoms with E-state index in [0.717, 1.165) is 23.0 Å². The van der Waals surface area contributed by atoms with Crippen LogP contribution in [-0.2, 0) is 4.79 Å². The Hall–Kier alpha value is -3.65. The van der Waals surface area contributed by atoms with Crippen LogP contribution in [-0.4, -0.2) is 28.5 Å². The van der Waals surface area contributed by atoms with Crippen molar-refractivity contribution in [2.75, 3.05) is 17.3 Å². The van der Waals surface area contributed by atoms with Gasteiger partial charge in [0.25, 0.3) is 11.1 Å². The molecule has 160 valence electrons. The van der Waals surface area contributed by atoms with Gasteiger partial charge in [0.05, 0.1) is 23.0 Å². The zero-order valence-corrected chi connectivity index (χ0v) is 17.7. The fourth-order valence-electron chi connectivity index (χ4n) is 3.62. The summed E-state index contributed by atoms with van der Waals surface area (Å²) in [4.78, 5) is 15.1. The minimum absolute atomic E-state index is 0.0799. The Kier molecular flexibility index (Phi) is 5.60. The van der Waals surface area contributed by atoms with Crippen molar-refractivity contribution in [1.29, 1.82) is 0 Å². The van der Waals surface area contributed by atoms with Gasteiger partial charge >= 0.3 is 0 Å². The number of para-hydroxylation sites is 2. The number of hydrogen-bond donors (Lipinski definition) is 0. The number of aromatic nitrogens is 2. The van der Waals surface area contributed by atoms with Crippen LogP contribution in [0.5, 0.6) is 5.75 Å². The van der Waals surface area contributed by atoms with E-state index in [1.807, 2.05) is 54.6 Å². The Morgan fingerprint density at radius 3 is 2.59 bits per heavy atom. The van der Waals surface area contributed by atoms with Crippen LogP contribution in [0.2, 0.25) is 0 Å². The third-order valence-corrected chi connectivity index (χ3v) is 5.92. The maximum atomic E-state index is 14.0. The van der Waals surface area contributed by atoms with Crippen LogP contribution in [0, 0.1) is 5.82 Å². The Morgan fingerprint density at radius 2 is 1.75 bits per heavy atom. The lowest BCUT2D eigenvalue weighted by molar-refractivity contribution is -0.117. The van der Waals surface area contributed by atoms with Gasteiger partial charge < -0.3 is 9.15 Å². The number of anilines is 1. The molecule has 0 spiro atoms. The normalized spacial score (nSPS) is 15.2. The molecule has 1 atom stereocenters. The molecule has 0 radical (unpaired) electrons. The van der Waals surface area contributed by atoms with Gasteiger partial charge in [-0.05, 0) is 29.8 Å². The Balaban J connectivity index is 1.37. The summed E-state index contributed by atoms with van der Waals surface area (Å²) in [5, 5.41) is 8.07. The lowest BCUT2D eigenvalue weighted by Gasteiger charge is -2.37. The summed E-state index contributed by atoms with van der Waals surface area (Å²) in [5.74, 6) is 0.260. The minimum atomic E-state index is -0.445. The SMILES string of the molecule is O=C(CSc1nnc(-c2ccccc2F)o1)N1c2ccccc2OCC1c1ccccc1. The Bertz CT molecular complexity index is 1250. The molecule has 1 aromatic heterocycles. The van der Waals surface area contributed by atoms with E-state index in [4.69, 9.17) is 9.15 Å². The summed E-state index contributed by atoms with van der Waals surface area (Å²) in [7, 11) is 0. The van der Waals surface area contributed by atoms with E-state index in [9.17, 15) is 9.18 Å². The molecule has 2 heterocycles. The van der Waals surface area contributed by atoms with Crippen molar-refractivity contribution in [2.24, 2.45) is 0 Å². The van der Waals surface area contributed by atoms with Gasteiger partial charge in [-0.15, -0.1) is 10.2 Å². The van der Waals surface area contributed by atoms with Crippen LogP contribution in [0.3, 0.4) is 0 Å². The molecule has 5 rings (SSSR count). The number of amides is 1. The standard InChI is InChI=1S/C24H18FN3O3S/c25-18-11-5-4-10-17(18)23-26-27-24(31-23)32-15-22(29)28-19-12-6-7-13-21(19)30-14-20(28)16-8-2-1-3-9-16/h1-13,20H,14-15H2. The highest BCUT2D eigenvalue weighted by molar-refractivity contribution is 7.99. The molecule has 1 aliphatic rings. The van der Waals surface area contributed by atoms with Crippen LogP contribution in [0.1, 0.15) is 11.6 Å². The molecule has 0 N–H and O–H groups in total. The first-order chi connectivity index (χ1) is 15.7. The van der Waals surface area contributed by atoms with Gasteiger partial charge in [-0.3, -0.25) is 9.69 Å². The molecule has 0 saturated carbocycles. The summed E-state index contributed by atoms with van der Waals surface area (Å²) < 4.78 is 25.5. The number of thioether (sulfide) groups is 1. The fraction of sp³-hybridized carbons (Fsp3) is 0.125. The topological polar surface area (TPSA) is 68.5 Å². The van der Waals surface area contributed by atoms with Crippen molar-refractivity contribution in [3.8, 4) is 17.2 Å². The second-order valence-electron chi connectivity index (χ2n) is 7.11. The van der Waals surface area contributed by atoms with Crippen molar-refractivity contribution in [3.05, 3.63) is 90.2 Å². The highest BCUT2D eigenvalue weighted by Gasteiger charge is 2.33. The first-order valence-corrected chi connectivity index (χ1v) is 11.0. The van der Waals surface area contributed by atoms with E-state index in [0.29, 0.717) is 12.4 Å². The van der Waals surface area contributed by atoms with Gasteiger partial charge in [-0.2, -0.15) is 0 Å². The molecule has 1 unspecified atom stereocenters. The largest absolute Gasteiger partial charge is 0.489 e. The molecule has 0 bridgehead atoms. The monoisotopic (exact) mass is 447 g/mol. The van der Waals surface area contributed by atoms with Gasteiger partial charge in [-0.1, -0.05) is 66.4 Å². The van der Waals surface area contributed by atoms with Crippen LogP contribution in [0.15, 0.2) is 88.5 Å². The number of nitrogens with zero attached hydrogens (tertiary/aromatic N) is 3. The molecule has 32 heavy (non-hydrogen) atoms. The average Bonchev–Trinajstić information content (AvgIpc) is 3.31. The highest BCUT2D eigenvalue weighted by atomic mass is 32.2. The number of benzene rings is 3. The second-order valence-corrected chi connectivity index (χ2v) is 8.04. The van der Waals surface area contributed by atoms with Crippen LogP contribution < -0.4 is 9.64 Å². The quantitative estimate of drug-likeness (QED) is 0.395. The summed E-state index contributed by atoms with van der Waals surface area (Å²) in [6.45, 7) is 0.357. The molecular formula is C24H18FN3O3S. The van der Waals surface area contributed by atoms with E-state index >= 15 is 0 Å². The van der Waals surface area contributed by atoms with Gasteiger partial charge in [0, 0.05) is 0 Å². The summed E-state index contributed by atoms with van der Waals surface area (Å²) in [6.07, 6.45) is 0. The van der Waals surface area contributed by atoms with E-state index in [2.05, 4.69) is 10.2 Å². The molecule has 4 aromatic rings. The summed E-state index contributed by atoms with van der Waals surface area (Å²) in [6, 6.07) is 23.2. The molecule has 3 aromatic carbocycles. The van der Waals surface area contributed by atoms with Crippen molar-refractivity contribution in [1.82, 2.24) is 10.2 Å². The van der Waals surface area contributed by atoms with Gasteiger partial charge in [0.1, 0.15) is 18.2 Å². The highest BCUT2D eigenvalue weighted by Crippen LogP contribution is 2.40. The number of fused-ring (bicyclic) bond motifs is 1. The first-order valence-electron chi connectivity index (χ1n) is 10.0. The van der Waals surface area contributed by atoms with Crippen LogP contribution >= 0.6 is 11.8 Å². The first kappa shape index (κ1) is 20.3. The third kappa shape index (κ3) is 3.97. The zero-order chi connectivity index (χ0) is 21.9. The predicted octanol–water partition coefficient (Wildman–Crippen LogP) is 5.13. The minimum Gasteiger partial charge on any atom is -0.489 e. The van der Waals surface area contributed by atoms with Crippen molar-refractivity contribution >= 4 is 23.4 Å². The second kappa shape index (κ2) is 8.84. The smallest absolute Gasteiger partial charge is 0.277 e. The molecule has 0 aliphatic carbocycles. The number of rotatable bonds is 5. The number of hydrogen-bond acceptors (Lipinski definition) is 6. The van der Waals surface area contributed by atoms with E-state index in [-0.39, 0.29) is 34.4 Å². The third-order valence-electron chi connectivity index (χ3n) is 5.12. The van der Waals surface area contributed by atoms with E-state index in [1.54, 1.807) is 23.1 Å². The van der Waals surface area contributed by atoms with E-state index in [1.165, 1.54) is 6.07 Å². The predicted molar refractivity (Wildman–Crippen MR) is 119 cm³/mol. The lowest BCUT2D eigenvalue weighted by atomic mass is 10.0. The Labute approximate surface area is 188 Å². The summed E-state index contributed by atoms with van der Waals surface area (Å²) >= 11 is 1.12. The lowest BCUT2D eigenvalue weighted by Crippen LogP contribution is -2.42. The number of halogens is 1. The van der Waals surface area contributed by atoms with Gasteiger partial charge in [-0.25, -0.2) is 4.39 Å². The molecule has 0 saturated heterocycles. The number of carbonyl (C=O) groups excluding carboxylic acids is 1. The van der Waals surface area contributed by atoms with Gasteiger partial charge in [0.15, 0.2) is 0 Å². The maximum absolute atomic E-state index is 14.0. The number of ether oxygens (including phenoxy) is 1. The van der Waals surface area contributed by atoms with E-state index < -0.39 is 5.82 Å². The maximum Gasteiger partial charge on any atom is 0.277 e. The zero-order valence-electron chi connectivity index (χ0n) is 16.8. The van der Waals surface area contributed by atoms with Crippen molar-refractivity contribution < 1.29 is 18.3 Å².